The van der Waals surface area contributed by atoms with Crippen LogP contribution in [0.3, 0.4) is 0 Å². The summed E-state index contributed by atoms with van der Waals surface area (Å²) in [4.78, 5) is 0. The third-order valence-corrected chi connectivity index (χ3v) is 6.46. The lowest BCUT2D eigenvalue weighted by Crippen LogP contribution is -2.45. The van der Waals surface area contributed by atoms with E-state index in [1.807, 2.05) is 0 Å². The number of rotatable bonds is 4. The highest BCUT2D eigenvalue weighted by Gasteiger charge is 2.61. The van der Waals surface area contributed by atoms with Crippen molar-refractivity contribution >= 4 is 8.56 Å². The van der Waals surface area contributed by atoms with Crippen LogP contribution in [0.4, 0.5) is 0 Å². The minimum atomic E-state index is -1.90. The Bertz CT molecular complexity index is 195. The number of hydrogen-bond donors (Lipinski definition) is 0. The highest BCUT2D eigenvalue weighted by Crippen LogP contribution is 2.46. The quantitative estimate of drug-likeness (QED) is 0.532. The van der Waals surface area contributed by atoms with Gasteiger partial charge in [-0.2, -0.15) is 0 Å². The Morgan fingerprint density at radius 2 is 1.43 bits per heavy atom. The van der Waals surface area contributed by atoms with Crippen molar-refractivity contribution in [2.75, 3.05) is 0 Å². The molecule has 2 heterocycles. The lowest BCUT2D eigenvalue weighted by molar-refractivity contribution is 0.100. The number of hydrogen-bond acceptors (Lipinski definition) is 3. The molecule has 0 aromatic rings. The molecule has 0 aromatic heterocycles. The van der Waals surface area contributed by atoms with Crippen LogP contribution in [0.2, 0.25) is 12.1 Å². The summed E-state index contributed by atoms with van der Waals surface area (Å²) in [6.07, 6.45) is 1.47. The van der Waals surface area contributed by atoms with Crippen molar-refractivity contribution in [2.45, 2.75) is 64.2 Å². The summed E-state index contributed by atoms with van der Waals surface area (Å²) in [6, 6.07) is 2.07. The molecule has 0 aromatic carbocycles. The van der Waals surface area contributed by atoms with E-state index in [1.54, 1.807) is 0 Å². The Hall–Kier alpha value is 0.0969. The van der Waals surface area contributed by atoms with E-state index in [4.69, 9.17) is 13.6 Å². The zero-order chi connectivity index (χ0) is 10.3. The van der Waals surface area contributed by atoms with Crippen LogP contribution in [-0.2, 0) is 13.6 Å². The first-order valence-corrected chi connectivity index (χ1v) is 7.75. The van der Waals surface area contributed by atoms with Crippen molar-refractivity contribution in [1.82, 2.24) is 0 Å². The Morgan fingerprint density at radius 3 is 1.79 bits per heavy atom. The average molecular weight is 216 g/mol. The van der Waals surface area contributed by atoms with Gasteiger partial charge in [0.25, 0.3) is 0 Å². The normalized spacial score (nSPS) is 33.9. The topological polar surface area (TPSA) is 31.0 Å². The lowest BCUT2D eigenvalue weighted by atomic mass is 10.4. The fourth-order valence-electron chi connectivity index (χ4n) is 2.31. The number of fused-ring (bicyclic) bond motifs is 1. The first-order chi connectivity index (χ1) is 6.51. The zero-order valence-corrected chi connectivity index (χ0v) is 10.4. The summed E-state index contributed by atoms with van der Waals surface area (Å²) in [5, 5.41) is 0. The highest BCUT2D eigenvalue weighted by atomic mass is 28.4. The molecule has 2 aliphatic rings. The van der Waals surface area contributed by atoms with Gasteiger partial charge < -0.3 is 13.6 Å². The first kappa shape index (κ1) is 10.6. The van der Waals surface area contributed by atoms with Gasteiger partial charge in [0.2, 0.25) is 0 Å². The molecular formula is C10H20O3Si. The minimum Gasteiger partial charge on any atom is -0.392 e. The SMILES string of the molecule is CC(C)O[Si]1(OC(C)C)CC2OC2C1. The Kier molecular flexibility index (Phi) is 2.72. The monoisotopic (exact) mass is 216 g/mol. The number of ether oxygens (including phenoxy) is 1. The third-order valence-electron chi connectivity index (χ3n) is 2.61. The molecule has 0 spiro atoms. The van der Waals surface area contributed by atoms with Crippen molar-refractivity contribution in [2.24, 2.45) is 0 Å². The van der Waals surface area contributed by atoms with E-state index in [0.29, 0.717) is 12.2 Å². The molecular weight excluding hydrogens is 196 g/mol. The zero-order valence-electron chi connectivity index (χ0n) is 9.45. The van der Waals surface area contributed by atoms with E-state index in [2.05, 4.69) is 27.7 Å². The predicted octanol–water partition coefficient (Wildman–Crippen LogP) is 2.06. The third kappa shape index (κ3) is 2.19. The molecule has 0 radical (unpaired) electrons. The van der Waals surface area contributed by atoms with Gasteiger partial charge in [0.15, 0.2) is 0 Å². The summed E-state index contributed by atoms with van der Waals surface area (Å²) < 4.78 is 17.5. The second kappa shape index (κ2) is 3.59. The predicted molar refractivity (Wildman–Crippen MR) is 56.5 cm³/mol. The van der Waals surface area contributed by atoms with Crippen LogP contribution in [0.25, 0.3) is 0 Å². The maximum absolute atomic E-state index is 6.05. The van der Waals surface area contributed by atoms with Crippen LogP contribution in [0.15, 0.2) is 0 Å². The largest absolute Gasteiger partial charge is 0.392 e. The summed E-state index contributed by atoms with van der Waals surface area (Å²) in [6.45, 7) is 8.35. The highest BCUT2D eigenvalue weighted by molar-refractivity contribution is 6.69. The van der Waals surface area contributed by atoms with Gasteiger partial charge in [-0.05, 0) is 27.7 Å². The van der Waals surface area contributed by atoms with Crippen molar-refractivity contribution < 1.29 is 13.6 Å². The summed E-state index contributed by atoms with van der Waals surface area (Å²) >= 11 is 0. The molecule has 4 heteroatoms. The van der Waals surface area contributed by atoms with E-state index in [0.717, 1.165) is 12.1 Å². The van der Waals surface area contributed by atoms with Crippen molar-refractivity contribution in [3.63, 3.8) is 0 Å². The molecule has 14 heavy (non-hydrogen) atoms. The molecule has 0 N–H and O–H groups in total. The molecule has 0 aliphatic carbocycles. The van der Waals surface area contributed by atoms with Crippen LogP contribution in [-0.4, -0.2) is 33.0 Å². The molecule has 2 fully saturated rings. The standard InChI is InChI=1S/C10H20O3Si/c1-7(2)12-14(13-8(3)4)5-9-10(6-14)11-9/h7-10H,5-6H2,1-4H3. The summed E-state index contributed by atoms with van der Waals surface area (Å²) in [5.74, 6) is 0. The van der Waals surface area contributed by atoms with Crippen molar-refractivity contribution in [3.05, 3.63) is 0 Å². The second-order valence-corrected chi connectivity index (χ2v) is 7.97. The van der Waals surface area contributed by atoms with Crippen LogP contribution in [0.5, 0.6) is 0 Å². The van der Waals surface area contributed by atoms with E-state index in [-0.39, 0.29) is 12.2 Å². The van der Waals surface area contributed by atoms with Crippen LogP contribution < -0.4 is 0 Å². The Balaban J connectivity index is 1.97. The molecule has 2 saturated heterocycles. The molecule has 0 saturated carbocycles. The van der Waals surface area contributed by atoms with E-state index in [1.165, 1.54) is 0 Å². The molecule has 2 aliphatic heterocycles. The van der Waals surface area contributed by atoms with Crippen LogP contribution in [0, 0.1) is 0 Å². The Morgan fingerprint density at radius 1 is 1.00 bits per heavy atom. The van der Waals surface area contributed by atoms with Gasteiger partial charge in [-0.1, -0.05) is 0 Å². The second-order valence-electron chi connectivity index (χ2n) is 4.87. The summed E-state index contributed by atoms with van der Waals surface area (Å²) in [7, 11) is -1.90. The van der Waals surface area contributed by atoms with Crippen molar-refractivity contribution in [1.29, 1.82) is 0 Å². The van der Waals surface area contributed by atoms with Crippen LogP contribution in [0.1, 0.15) is 27.7 Å². The van der Waals surface area contributed by atoms with E-state index in [9.17, 15) is 0 Å². The van der Waals surface area contributed by atoms with Gasteiger partial charge in [0.1, 0.15) is 0 Å². The Labute approximate surface area is 87.0 Å². The number of epoxide rings is 1. The van der Waals surface area contributed by atoms with Gasteiger partial charge in [0, 0.05) is 24.3 Å². The lowest BCUT2D eigenvalue weighted by Gasteiger charge is -2.31. The van der Waals surface area contributed by atoms with Gasteiger partial charge in [-0.3, -0.25) is 0 Å². The minimum absolute atomic E-state index is 0.276. The van der Waals surface area contributed by atoms with Crippen molar-refractivity contribution in [3.8, 4) is 0 Å². The average Bonchev–Trinajstić information content (AvgIpc) is 2.55. The van der Waals surface area contributed by atoms with Gasteiger partial charge in [0.05, 0.1) is 12.2 Å². The fourth-order valence-corrected chi connectivity index (χ4v) is 6.58. The molecule has 0 bridgehead atoms. The van der Waals surface area contributed by atoms with Gasteiger partial charge in [-0.15, -0.1) is 0 Å². The van der Waals surface area contributed by atoms with Gasteiger partial charge in [-0.25, -0.2) is 0 Å². The molecule has 0 amide bonds. The molecule has 2 atom stereocenters. The van der Waals surface area contributed by atoms with Crippen LogP contribution >= 0.6 is 0 Å². The van der Waals surface area contributed by atoms with E-state index >= 15 is 0 Å². The molecule has 82 valence electrons. The maximum atomic E-state index is 6.05. The van der Waals surface area contributed by atoms with Gasteiger partial charge >= 0.3 is 8.56 Å². The maximum Gasteiger partial charge on any atom is 0.344 e. The smallest absolute Gasteiger partial charge is 0.344 e. The molecule has 2 unspecified atom stereocenters. The first-order valence-electron chi connectivity index (χ1n) is 5.52. The fraction of sp³-hybridized carbons (Fsp3) is 1.00. The van der Waals surface area contributed by atoms with E-state index < -0.39 is 8.56 Å². The molecule has 3 nitrogen and oxygen atoms in total. The summed E-state index contributed by atoms with van der Waals surface area (Å²) in [5.41, 5.74) is 0. The molecule has 2 rings (SSSR count).